The molecule has 0 radical (unpaired) electrons. The number of hydrogen-bond acceptors (Lipinski definition) is 3. The molecule has 0 amide bonds. The molecule has 0 saturated heterocycles. The molecule has 0 saturated carbocycles. The fraction of sp³-hybridized carbons (Fsp3) is 0.0909. The fourth-order valence-electron chi connectivity index (χ4n) is 1.25. The van der Waals surface area contributed by atoms with E-state index < -0.39 is 0 Å². The van der Waals surface area contributed by atoms with E-state index in [1.807, 2.05) is 24.3 Å². The summed E-state index contributed by atoms with van der Waals surface area (Å²) in [6.07, 6.45) is 1.31. The summed E-state index contributed by atoms with van der Waals surface area (Å²) in [4.78, 5) is 17.7. The van der Waals surface area contributed by atoms with Crippen molar-refractivity contribution in [1.29, 1.82) is 0 Å². The Hall–Kier alpha value is -1.14. The molecule has 0 spiro atoms. The molecule has 0 aliphatic carbocycles. The van der Waals surface area contributed by atoms with Crippen molar-refractivity contribution < 1.29 is 4.74 Å². The Morgan fingerprint density at radius 3 is 2.94 bits per heavy atom. The first-order chi connectivity index (χ1) is 8.16. The molecule has 2 aromatic rings. The summed E-state index contributed by atoms with van der Waals surface area (Å²) in [5, 5.41) is 0. The van der Waals surface area contributed by atoms with Crippen LogP contribution in [-0.2, 0) is 6.61 Å². The summed E-state index contributed by atoms with van der Waals surface area (Å²) in [7, 11) is 0. The number of H-pyrrole nitrogens is 1. The van der Waals surface area contributed by atoms with Crippen molar-refractivity contribution in [2.45, 2.75) is 6.61 Å². The second kappa shape index (κ2) is 5.46. The molecule has 17 heavy (non-hydrogen) atoms. The van der Waals surface area contributed by atoms with Gasteiger partial charge in [0.1, 0.15) is 11.1 Å². The molecule has 0 aliphatic heterocycles. The number of nitrogens with zero attached hydrogens (tertiary/aromatic N) is 1. The van der Waals surface area contributed by atoms with E-state index in [0.29, 0.717) is 11.1 Å². The summed E-state index contributed by atoms with van der Waals surface area (Å²) < 4.78 is 6.74. The highest BCUT2D eigenvalue weighted by molar-refractivity contribution is 9.10. The van der Waals surface area contributed by atoms with Crippen LogP contribution in [0.15, 0.2) is 44.3 Å². The summed E-state index contributed by atoms with van der Waals surface area (Å²) in [5.41, 5.74) is 0.734. The van der Waals surface area contributed by atoms with Crippen LogP contribution in [0.5, 0.6) is 5.88 Å². The van der Waals surface area contributed by atoms with Crippen LogP contribution >= 0.6 is 31.9 Å². The molecule has 1 aromatic carbocycles. The maximum Gasteiger partial charge on any atom is 0.268 e. The van der Waals surface area contributed by atoms with Crippen LogP contribution in [0, 0.1) is 0 Å². The highest BCUT2D eigenvalue weighted by Crippen LogP contribution is 2.18. The van der Waals surface area contributed by atoms with Gasteiger partial charge in [0.05, 0.1) is 6.33 Å². The van der Waals surface area contributed by atoms with Gasteiger partial charge in [-0.1, -0.05) is 28.1 Å². The second-order valence-electron chi connectivity index (χ2n) is 3.27. The lowest BCUT2D eigenvalue weighted by Crippen LogP contribution is -2.09. The van der Waals surface area contributed by atoms with Gasteiger partial charge < -0.3 is 9.72 Å². The van der Waals surface area contributed by atoms with Gasteiger partial charge in [-0.3, -0.25) is 4.79 Å². The smallest absolute Gasteiger partial charge is 0.268 e. The van der Waals surface area contributed by atoms with E-state index in [4.69, 9.17) is 4.74 Å². The minimum atomic E-state index is -0.260. The number of ether oxygens (including phenoxy) is 1. The Morgan fingerprint density at radius 1 is 1.35 bits per heavy atom. The zero-order valence-corrected chi connectivity index (χ0v) is 11.8. The molecule has 1 N–H and O–H groups in total. The molecular formula is C11H8Br2N2O2. The molecular weight excluding hydrogens is 352 g/mol. The Labute approximate surface area is 114 Å². The van der Waals surface area contributed by atoms with Crippen molar-refractivity contribution in [2.24, 2.45) is 0 Å². The molecule has 6 heteroatoms. The highest BCUT2D eigenvalue weighted by Gasteiger charge is 2.06. The van der Waals surface area contributed by atoms with Crippen LogP contribution in [0.1, 0.15) is 5.56 Å². The zero-order chi connectivity index (χ0) is 12.3. The van der Waals surface area contributed by atoms with Gasteiger partial charge >= 0.3 is 0 Å². The van der Waals surface area contributed by atoms with Crippen molar-refractivity contribution in [3.63, 3.8) is 0 Å². The first-order valence-electron chi connectivity index (χ1n) is 4.77. The van der Waals surface area contributed by atoms with Crippen LogP contribution in [0.2, 0.25) is 0 Å². The lowest BCUT2D eigenvalue weighted by molar-refractivity contribution is 0.290. The molecule has 1 aromatic heterocycles. The Morgan fingerprint density at radius 2 is 2.18 bits per heavy atom. The van der Waals surface area contributed by atoms with Crippen LogP contribution in [0.4, 0.5) is 0 Å². The summed E-state index contributed by atoms with van der Waals surface area (Å²) in [6.45, 7) is 0.356. The zero-order valence-electron chi connectivity index (χ0n) is 8.61. The second-order valence-corrected chi connectivity index (χ2v) is 4.98. The van der Waals surface area contributed by atoms with Crippen LogP contribution in [0.3, 0.4) is 0 Å². The van der Waals surface area contributed by atoms with E-state index in [1.165, 1.54) is 6.33 Å². The van der Waals surface area contributed by atoms with E-state index in [2.05, 4.69) is 41.8 Å². The molecule has 4 nitrogen and oxygen atoms in total. The molecule has 0 unspecified atom stereocenters. The summed E-state index contributed by atoms with van der Waals surface area (Å²) >= 11 is 6.51. The van der Waals surface area contributed by atoms with E-state index in [1.54, 1.807) is 0 Å². The molecule has 0 atom stereocenters. The number of halogens is 2. The first kappa shape index (κ1) is 12.3. The number of aromatic amines is 1. The van der Waals surface area contributed by atoms with Gasteiger partial charge in [-0.15, -0.1) is 0 Å². The normalized spacial score (nSPS) is 10.2. The van der Waals surface area contributed by atoms with Crippen LogP contribution in [-0.4, -0.2) is 9.97 Å². The van der Waals surface area contributed by atoms with Crippen molar-refractivity contribution >= 4 is 31.9 Å². The predicted molar refractivity (Wildman–Crippen MR) is 71.0 cm³/mol. The Balaban J connectivity index is 2.13. The van der Waals surface area contributed by atoms with Gasteiger partial charge in [0.25, 0.3) is 5.56 Å². The third-order valence-electron chi connectivity index (χ3n) is 2.03. The average molecular weight is 360 g/mol. The Kier molecular flexibility index (Phi) is 3.96. The minimum Gasteiger partial charge on any atom is -0.472 e. The van der Waals surface area contributed by atoms with Gasteiger partial charge in [-0.05, 0) is 33.6 Å². The molecule has 88 valence electrons. The third-order valence-corrected chi connectivity index (χ3v) is 3.22. The maximum atomic E-state index is 11.3. The maximum absolute atomic E-state index is 11.3. The van der Waals surface area contributed by atoms with Crippen LogP contribution in [0.25, 0.3) is 0 Å². The number of rotatable bonds is 3. The first-order valence-corrected chi connectivity index (χ1v) is 6.36. The quantitative estimate of drug-likeness (QED) is 0.916. The van der Waals surface area contributed by atoms with Gasteiger partial charge in [0.2, 0.25) is 5.88 Å². The largest absolute Gasteiger partial charge is 0.472 e. The summed E-state index contributed by atoms with van der Waals surface area (Å²) in [5.74, 6) is 0.286. The van der Waals surface area contributed by atoms with Gasteiger partial charge in [0, 0.05) is 4.47 Å². The molecule has 2 rings (SSSR count). The van der Waals surface area contributed by atoms with Crippen LogP contribution < -0.4 is 10.3 Å². The van der Waals surface area contributed by atoms with E-state index in [-0.39, 0.29) is 11.4 Å². The lowest BCUT2D eigenvalue weighted by Gasteiger charge is -2.06. The average Bonchev–Trinajstić information content (AvgIpc) is 2.31. The molecule has 0 bridgehead atoms. The predicted octanol–water partition coefficient (Wildman–Crippen LogP) is 2.87. The van der Waals surface area contributed by atoms with Gasteiger partial charge in [0.15, 0.2) is 0 Å². The number of nitrogens with one attached hydrogen (secondary N) is 1. The SMILES string of the molecule is O=c1[nH]cnc(OCc2cccc(Br)c2)c1Br. The molecule has 1 heterocycles. The van der Waals surface area contributed by atoms with E-state index in [9.17, 15) is 4.79 Å². The fourth-order valence-corrected chi connectivity index (χ4v) is 2.02. The van der Waals surface area contributed by atoms with Crippen molar-refractivity contribution in [2.75, 3.05) is 0 Å². The topological polar surface area (TPSA) is 55.0 Å². The van der Waals surface area contributed by atoms with Gasteiger partial charge in [-0.2, -0.15) is 0 Å². The molecule has 0 aliphatic rings. The third kappa shape index (κ3) is 3.17. The number of aromatic nitrogens is 2. The highest BCUT2D eigenvalue weighted by atomic mass is 79.9. The monoisotopic (exact) mass is 358 g/mol. The number of hydrogen-bond donors (Lipinski definition) is 1. The molecule has 0 fully saturated rings. The van der Waals surface area contributed by atoms with E-state index in [0.717, 1.165) is 10.0 Å². The van der Waals surface area contributed by atoms with E-state index >= 15 is 0 Å². The number of benzene rings is 1. The summed E-state index contributed by atoms with van der Waals surface area (Å²) in [6, 6.07) is 7.74. The van der Waals surface area contributed by atoms with Crippen molar-refractivity contribution in [1.82, 2.24) is 9.97 Å². The lowest BCUT2D eigenvalue weighted by atomic mass is 10.2. The standard InChI is InChI=1S/C11H8Br2N2O2/c12-8-3-1-2-7(4-8)5-17-11-9(13)10(16)14-6-15-11/h1-4,6H,5H2,(H,14,15,16). The van der Waals surface area contributed by atoms with Crippen molar-refractivity contribution in [3.8, 4) is 5.88 Å². The Bertz CT molecular complexity index is 584. The van der Waals surface area contributed by atoms with Crippen molar-refractivity contribution in [3.05, 3.63) is 55.5 Å². The minimum absolute atomic E-state index is 0.260. The van der Waals surface area contributed by atoms with Gasteiger partial charge in [-0.25, -0.2) is 4.98 Å².